The highest BCUT2D eigenvalue weighted by atomic mass is 16.5. The Morgan fingerprint density at radius 2 is 1.63 bits per heavy atom. The number of imidazole rings is 1. The van der Waals surface area contributed by atoms with E-state index in [2.05, 4.69) is 55.2 Å². The second kappa shape index (κ2) is 7.16. The summed E-state index contributed by atoms with van der Waals surface area (Å²) in [5, 5.41) is 0. The van der Waals surface area contributed by atoms with Gasteiger partial charge in [0.15, 0.2) is 11.5 Å². The summed E-state index contributed by atoms with van der Waals surface area (Å²) in [4.78, 5) is 8.09. The number of hydrogen-bond donors (Lipinski definition) is 1. The van der Waals surface area contributed by atoms with Crippen molar-refractivity contribution in [3.05, 3.63) is 77.4 Å². The summed E-state index contributed by atoms with van der Waals surface area (Å²) >= 11 is 0. The van der Waals surface area contributed by atoms with Crippen molar-refractivity contribution in [3.8, 4) is 22.9 Å². The summed E-state index contributed by atoms with van der Waals surface area (Å²) in [6.45, 7) is 4.63. The van der Waals surface area contributed by atoms with Gasteiger partial charge in [-0.2, -0.15) is 0 Å². The Labute approximate surface area is 158 Å². The molecule has 27 heavy (non-hydrogen) atoms. The summed E-state index contributed by atoms with van der Waals surface area (Å²) in [5.41, 5.74) is 6.50. The molecular formula is C23H22N2O2. The van der Waals surface area contributed by atoms with Crippen molar-refractivity contribution in [2.75, 3.05) is 7.11 Å². The molecule has 4 aromatic rings. The molecule has 0 unspecified atom stereocenters. The molecule has 0 saturated heterocycles. The molecule has 0 atom stereocenters. The van der Waals surface area contributed by atoms with Gasteiger partial charge in [-0.25, -0.2) is 4.98 Å². The molecule has 4 nitrogen and oxygen atoms in total. The predicted molar refractivity (Wildman–Crippen MR) is 108 cm³/mol. The number of H-pyrrole nitrogens is 1. The van der Waals surface area contributed by atoms with Gasteiger partial charge in [-0.05, 0) is 55.3 Å². The third kappa shape index (κ3) is 3.65. The summed E-state index contributed by atoms with van der Waals surface area (Å²) in [6, 6.07) is 20.4. The molecule has 1 aromatic heterocycles. The first-order valence-electron chi connectivity index (χ1n) is 8.95. The van der Waals surface area contributed by atoms with Crippen LogP contribution in [0.25, 0.3) is 22.4 Å². The SMILES string of the molecule is COc1ccc(-c2nc3ccc(C)cc3[nH]2)cc1OCc1ccc(C)cc1. The van der Waals surface area contributed by atoms with E-state index in [9.17, 15) is 0 Å². The molecule has 0 radical (unpaired) electrons. The van der Waals surface area contributed by atoms with E-state index in [-0.39, 0.29) is 0 Å². The fraction of sp³-hybridized carbons (Fsp3) is 0.174. The minimum absolute atomic E-state index is 0.486. The minimum Gasteiger partial charge on any atom is -0.493 e. The molecule has 0 fully saturated rings. The number of aryl methyl sites for hydroxylation is 2. The zero-order chi connectivity index (χ0) is 18.8. The average Bonchev–Trinajstić information content (AvgIpc) is 3.10. The van der Waals surface area contributed by atoms with Gasteiger partial charge in [0.25, 0.3) is 0 Å². The van der Waals surface area contributed by atoms with E-state index < -0.39 is 0 Å². The van der Waals surface area contributed by atoms with Crippen LogP contribution < -0.4 is 9.47 Å². The summed E-state index contributed by atoms with van der Waals surface area (Å²) in [5.74, 6) is 2.23. The molecule has 4 heteroatoms. The number of aromatic nitrogens is 2. The summed E-state index contributed by atoms with van der Waals surface area (Å²) < 4.78 is 11.5. The highest BCUT2D eigenvalue weighted by Crippen LogP contribution is 2.33. The third-order valence-corrected chi connectivity index (χ3v) is 4.59. The molecule has 0 spiro atoms. The number of benzene rings is 3. The van der Waals surface area contributed by atoms with Crippen LogP contribution in [-0.4, -0.2) is 17.1 Å². The van der Waals surface area contributed by atoms with Crippen molar-refractivity contribution in [2.45, 2.75) is 20.5 Å². The number of hydrogen-bond acceptors (Lipinski definition) is 3. The molecule has 1 heterocycles. The maximum Gasteiger partial charge on any atom is 0.162 e. The topological polar surface area (TPSA) is 47.1 Å². The van der Waals surface area contributed by atoms with Gasteiger partial charge >= 0.3 is 0 Å². The van der Waals surface area contributed by atoms with E-state index in [0.29, 0.717) is 18.1 Å². The second-order valence-electron chi connectivity index (χ2n) is 6.75. The number of nitrogens with zero attached hydrogens (tertiary/aromatic N) is 1. The summed E-state index contributed by atoms with van der Waals surface area (Å²) in [7, 11) is 1.65. The zero-order valence-electron chi connectivity index (χ0n) is 15.7. The molecule has 4 rings (SSSR count). The molecule has 0 bridgehead atoms. The molecule has 0 aliphatic heterocycles. The van der Waals surface area contributed by atoms with Gasteiger partial charge in [0.05, 0.1) is 18.1 Å². The predicted octanol–water partition coefficient (Wildman–Crippen LogP) is 5.43. The maximum atomic E-state index is 6.04. The van der Waals surface area contributed by atoms with Crippen LogP contribution >= 0.6 is 0 Å². The third-order valence-electron chi connectivity index (χ3n) is 4.59. The highest BCUT2D eigenvalue weighted by molar-refractivity contribution is 5.80. The lowest BCUT2D eigenvalue weighted by Crippen LogP contribution is -1.98. The fourth-order valence-corrected chi connectivity index (χ4v) is 3.04. The van der Waals surface area contributed by atoms with Gasteiger partial charge in [0.1, 0.15) is 12.4 Å². The smallest absolute Gasteiger partial charge is 0.162 e. The molecule has 1 N–H and O–H groups in total. The Hall–Kier alpha value is -3.27. The van der Waals surface area contributed by atoms with E-state index in [1.54, 1.807) is 7.11 Å². The fourth-order valence-electron chi connectivity index (χ4n) is 3.04. The van der Waals surface area contributed by atoms with Crippen LogP contribution in [0.5, 0.6) is 11.5 Å². The van der Waals surface area contributed by atoms with Gasteiger partial charge in [-0.15, -0.1) is 0 Å². The Morgan fingerprint density at radius 3 is 2.41 bits per heavy atom. The Balaban J connectivity index is 1.63. The van der Waals surface area contributed by atoms with Gasteiger partial charge in [0, 0.05) is 5.56 Å². The quantitative estimate of drug-likeness (QED) is 0.517. The van der Waals surface area contributed by atoms with Crippen LogP contribution in [0.2, 0.25) is 0 Å². The Morgan fingerprint density at radius 1 is 0.852 bits per heavy atom. The standard InChI is InChI=1S/C23H22N2O2/c1-15-4-7-17(8-5-15)14-27-22-13-18(9-11-21(22)26-3)23-24-19-10-6-16(2)12-20(19)25-23/h4-13H,14H2,1-3H3,(H,24,25). The molecule has 3 aromatic carbocycles. The van der Waals surface area contributed by atoms with Crippen molar-refractivity contribution >= 4 is 11.0 Å². The second-order valence-corrected chi connectivity index (χ2v) is 6.75. The van der Waals surface area contributed by atoms with Crippen LogP contribution in [0, 0.1) is 13.8 Å². The number of rotatable bonds is 5. The van der Waals surface area contributed by atoms with Crippen molar-refractivity contribution in [2.24, 2.45) is 0 Å². The zero-order valence-corrected chi connectivity index (χ0v) is 15.7. The molecule has 0 aliphatic carbocycles. The molecule has 0 saturated carbocycles. The van der Waals surface area contributed by atoms with Crippen LogP contribution in [0.3, 0.4) is 0 Å². The van der Waals surface area contributed by atoms with Gasteiger partial charge in [0.2, 0.25) is 0 Å². The maximum absolute atomic E-state index is 6.04. The average molecular weight is 358 g/mol. The Bertz CT molecular complexity index is 1080. The van der Waals surface area contributed by atoms with E-state index in [1.165, 1.54) is 11.1 Å². The summed E-state index contributed by atoms with van der Waals surface area (Å²) in [6.07, 6.45) is 0. The van der Waals surface area contributed by atoms with E-state index in [0.717, 1.165) is 28.0 Å². The monoisotopic (exact) mass is 358 g/mol. The minimum atomic E-state index is 0.486. The molecule has 136 valence electrons. The lowest BCUT2D eigenvalue weighted by molar-refractivity contribution is 0.284. The van der Waals surface area contributed by atoms with Crippen LogP contribution in [0.4, 0.5) is 0 Å². The normalized spacial score (nSPS) is 10.9. The first-order chi connectivity index (χ1) is 13.1. The van der Waals surface area contributed by atoms with Crippen molar-refractivity contribution in [1.82, 2.24) is 9.97 Å². The number of nitrogens with one attached hydrogen (secondary N) is 1. The van der Waals surface area contributed by atoms with E-state index in [1.807, 2.05) is 24.3 Å². The van der Waals surface area contributed by atoms with Crippen molar-refractivity contribution in [1.29, 1.82) is 0 Å². The van der Waals surface area contributed by atoms with Crippen LogP contribution in [0.1, 0.15) is 16.7 Å². The number of fused-ring (bicyclic) bond motifs is 1. The molecular weight excluding hydrogens is 336 g/mol. The van der Waals surface area contributed by atoms with Crippen molar-refractivity contribution in [3.63, 3.8) is 0 Å². The lowest BCUT2D eigenvalue weighted by atomic mass is 10.1. The number of ether oxygens (including phenoxy) is 2. The van der Waals surface area contributed by atoms with E-state index in [4.69, 9.17) is 14.5 Å². The van der Waals surface area contributed by atoms with E-state index >= 15 is 0 Å². The number of aromatic amines is 1. The van der Waals surface area contributed by atoms with Crippen molar-refractivity contribution < 1.29 is 9.47 Å². The van der Waals surface area contributed by atoms with Crippen LogP contribution in [-0.2, 0) is 6.61 Å². The lowest BCUT2D eigenvalue weighted by Gasteiger charge is -2.12. The van der Waals surface area contributed by atoms with Gasteiger partial charge in [-0.1, -0.05) is 35.9 Å². The largest absolute Gasteiger partial charge is 0.493 e. The Kier molecular flexibility index (Phi) is 4.55. The highest BCUT2D eigenvalue weighted by Gasteiger charge is 2.11. The number of methoxy groups -OCH3 is 1. The molecule has 0 aliphatic rings. The van der Waals surface area contributed by atoms with Gasteiger partial charge in [-0.3, -0.25) is 0 Å². The van der Waals surface area contributed by atoms with Gasteiger partial charge < -0.3 is 14.5 Å². The van der Waals surface area contributed by atoms with Crippen LogP contribution in [0.15, 0.2) is 60.7 Å². The first kappa shape index (κ1) is 17.2. The molecule has 0 amide bonds. The first-order valence-corrected chi connectivity index (χ1v) is 8.95.